The summed E-state index contributed by atoms with van der Waals surface area (Å²) >= 11 is 0. The molecule has 2 aromatic heterocycles. The topological polar surface area (TPSA) is 92.0 Å². The second-order valence-corrected chi connectivity index (χ2v) is 5.94. The van der Waals surface area contributed by atoms with Crippen LogP contribution < -0.4 is 14.8 Å². The van der Waals surface area contributed by atoms with Crippen molar-refractivity contribution in [3.05, 3.63) is 60.4 Å². The number of rotatable bonds is 5. The normalized spacial score (nSPS) is 10.7. The number of nitrogens with zero attached hydrogens (tertiary/aromatic N) is 1. The number of benzene rings is 2. The van der Waals surface area contributed by atoms with Crippen LogP contribution in [0.25, 0.3) is 22.2 Å². The van der Waals surface area contributed by atoms with Gasteiger partial charge in [-0.2, -0.15) is 5.10 Å². The zero-order valence-corrected chi connectivity index (χ0v) is 14.9. The lowest BCUT2D eigenvalue weighted by molar-refractivity contribution is 0.102. The summed E-state index contributed by atoms with van der Waals surface area (Å²) in [6, 6.07) is 14.9. The van der Waals surface area contributed by atoms with E-state index in [1.54, 1.807) is 38.5 Å². The highest BCUT2D eigenvalue weighted by Crippen LogP contribution is 2.30. The number of hydrogen-bond donors (Lipinski definition) is 3. The molecule has 7 heteroatoms. The molecule has 0 radical (unpaired) electrons. The summed E-state index contributed by atoms with van der Waals surface area (Å²) in [7, 11) is 3.11. The number of carbonyl (C=O) groups is 1. The first-order chi connectivity index (χ1) is 13.2. The summed E-state index contributed by atoms with van der Waals surface area (Å²) in [5, 5.41) is 11.0. The minimum Gasteiger partial charge on any atom is -0.497 e. The molecule has 7 nitrogen and oxygen atoms in total. The van der Waals surface area contributed by atoms with Crippen molar-refractivity contribution in [1.29, 1.82) is 0 Å². The van der Waals surface area contributed by atoms with Crippen LogP contribution in [-0.2, 0) is 0 Å². The Balaban J connectivity index is 1.61. The van der Waals surface area contributed by atoms with Gasteiger partial charge in [-0.3, -0.25) is 9.89 Å². The molecule has 2 aromatic carbocycles. The van der Waals surface area contributed by atoms with E-state index < -0.39 is 0 Å². The predicted octanol–water partition coefficient (Wildman–Crippen LogP) is 3.83. The summed E-state index contributed by atoms with van der Waals surface area (Å²) in [5.41, 5.74) is 3.50. The SMILES string of the molecule is COc1ccc(OC)c(NC(=O)c2cc(-c3c[nH]c4ccccc34)n[nH]2)c1. The lowest BCUT2D eigenvalue weighted by atomic mass is 10.1. The van der Waals surface area contributed by atoms with Crippen molar-refractivity contribution >= 4 is 22.5 Å². The lowest BCUT2D eigenvalue weighted by Crippen LogP contribution is -2.13. The van der Waals surface area contributed by atoms with E-state index in [4.69, 9.17) is 9.47 Å². The first kappa shape index (κ1) is 16.7. The summed E-state index contributed by atoms with van der Waals surface area (Å²) in [6.45, 7) is 0. The number of methoxy groups -OCH3 is 2. The van der Waals surface area contributed by atoms with Crippen LogP contribution in [0.1, 0.15) is 10.5 Å². The number of hydrogen-bond acceptors (Lipinski definition) is 4. The summed E-state index contributed by atoms with van der Waals surface area (Å²) in [5.74, 6) is 0.843. The maximum atomic E-state index is 12.6. The highest BCUT2D eigenvalue weighted by molar-refractivity contribution is 6.05. The fourth-order valence-corrected chi connectivity index (χ4v) is 2.96. The van der Waals surface area contributed by atoms with Gasteiger partial charge in [0, 0.05) is 28.7 Å². The molecule has 0 bridgehead atoms. The molecular weight excluding hydrogens is 344 g/mol. The number of amides is 1. The number of aromatic nitrogens is 3. The summed E-state index contributed by atoms with van der Waals surface area (Å²) in [6.07, 6.45) is 1.88. The molecule has 0 aliphatic carbocycles. The minimum atomic E-state index is -0.319. The molecule has 136 valence electrons. The van der Waals surface area contributed by atoms with E-state index in [0.717, 1.165) is 16.5 Å². The van der Waals surface area contributed by atoms with Crippen molar-refractivity contribution < 1.29 is 14.3 Å². The maximum absolute atomic E-state index is 12.6. The van der Waals surface area contributed by atoms with Crippen LogP contribution in [0.2, 0.25) is 0 Å². The molecule has 0 atom stereocenters. The molecule has 0 saturated carbocycles. The second kappa shape index (κ2) is 6.87. The average molecular weight is 362 g/mol. The fourth-order valence-electron chi connectivity index (χ4n) is 2.96. The van der Waals surface area contributed by atoms with Crippen molar-refractivity contribution in [3.63, 3.8) is 0 Å². The molecule has 0 aliphatic rings. The smallest absolute Gasteiger partial charge is 0.273 e. The molecular formula is C20H18N4O3. The molecule has 4 rings (SSSR count). The van der Waals surface area contributed by atoms with Gasteiger partial charge in [0.1, 0.15) is 17.2 Å². The molecule has 0 unspecified atom stereocenters. The molecule has 4 aromatic rings. The first-order valence-corrected chi connectivity index (χ1v) is 8.35. The lowest BCUT2D eigenvalue weighted by Gasteiger charge is -2.11. The van der Waals surface area contributed by atoms with Gasteiger partial charge in [0.2, 0.25) is 0 Å². The van der Waals surface area contributed by atoms with Crippen LogP contribution in [0.5, 0.6) is 11.5 Å². The van der Waals surface area contributed by atoms with Crippen LogP contribution in [0.3, 0.4) is 0 Å². The third kappa shape index (κ3) is 3.10. The summed E-state index contributed by atoms with van der Waals surface area (Å²) in [4.78, 5) is 15.8. The number of nitrogens with one attached hydrogen (secondary N) is 3. The largest absolute Gasteiger partial charge is 0.497 e. The van der Waals surface area contributed by atoms with E-state index in [9.17, 15) is 4.79 Å². The number of para-hydroxylation sites is 1. The van der Waals surface area contributed by atoms with Gasteiger partial charge in [-0.15, -0.1) is 0 Å². The fraction of sp³-hybridized carbons (Fsp3) is 0.100. The van der Waals surface area contributed by atoms with Crippen molar-refractivity contribution in [2.45, 2.75) is 0 Å². The molecule has 2 heterocycles. The van der Waals surface area contributed by atoms with E-state index >= 15 is 0 Å². The highest BCUT2D eigenvalue weighted by Gasteiger charge is 2.16. The Bertz CT molecular complexity index is 1110. The number of H-pyrrole nitrogens is 2. The number of aromatic amines is 2. The molecule has 3 N–H and O–H groups in total. The van der Waals surface area contributed by atoms with E-state index in [1.165, 1.54) is 0 Å². The molecule has 0 saturated heterocycles. The average Bonchev–Trinajstić information content (AvgIpc) is 3.34. The van der Waals surface area contributed by atoms with Crippen LogP contribution >= 0.6 is 0 Å². The van der Waals surface area contributed by atoms with Crippen LogP contribution in [0, 0.1) is 0 Å². The molecule has 0 spiro atoms. The van der Waals surface area contributed by atoms with Crippen LogP contribution in [0.4, 0.5) is 5.69 Å². The van der Waals surface area contributed by atoms with Crippen molar-refractivity contribution in [2.24, 2.45) is 0 Å². The van der Waals surface area contributed by atoms with E-state index in [2.05, 4.69) is 20.5 Å². The Kier molecular flexibility index (Phi) is 4.25. The Morgan fingerprint density at radius 1 is 1.07 bits per heavy atom. The van der Waals surface area contributed by atoms with Gasteiger partial charge in [-0.05, 0) is 24.3 Å². The van der Waals surface area contributed by atoms with Gasteiger partial charge in [0.05, 0.1) is 25.6 Å². The third-order valence-electron chi connectivity index (χ3n) is 4.34. The van der Waals surface area contributed by atoms with Gasteiger partial charge in [-0.1, -0.05) is 18.2 Å². The zero-order valence-electron chi connectivity index (χ0n) is 14.9. The number of carbonyl (C=O) groups excluding carboxylic acids is 1. The van der Waals surface area contributed by atoms with E-state index in [1.807, 2.05) is 30.5 Å². The van der Waals surface area contributed by atoms with Crippen molar-refractivity contribution in [2.75, 3.05) is 19.5 Å². The quantitative estimate of drug-likeness (QED) is 0.503. The molecule has 0 aliphatic heterocycles. The minimum absolute atomic E-state index is 0.319. The Morgan fingerprint density at radius 2 is 1.93 bits per heavy atom. The van der Waals surface area contributed by atoms with Crippen LogP contribution in [0.15, 0.2) is 54.7 Å². The third-order valence-corrected chi connectivity index (χ3v) is 4.34. The summed E-state index contributed by atoms with van der Waals surface area (Å²) < 4.78 is 10.5. The van der Waals surface area contributed by atoms with Crippen LogP contribution in [-0.4, -0.2) is 35.3 Å². The Labute approximate surface area is 155 Å². The molecule has 0 fully saturated rings. The monoisotopic (exact) mass is 362 g/mol. The van der Waals surface area contributed by atoms with E-state index in [0.29, 0.717) is 28.6 Å². The Hall–Kier alpha value is -3.74. The van der Waals surface area contributed by atoms with E-state index in [-0.39, 0.29) is 5.91 Å². The maximum Gasteiger partial charge on any atom is 0.273 e. The van der Waals surface area contributed by atoms with Gasteiger partial charge in [0.25, 0.3) is 5.91 Å². The zero-order chi connectivity index (χ0) is 18.8. The highest BCUT2D eigenvalue weighted by atomic mass is 16.5. The number of ether oxygens (including phenoxy) is 2. The molecule has 1 amide bonds. The Morgan fingerprint density at radius 3 is 2.74 bits per heavy atom. The van der Waals surface area contributed by atoms with Gasteiger partial charge in [0.15, 0.2) is 0 Å². The second-order valence-electron chi connectivity index (χ2n) is 5.94. The predicted molar refractivity (Wildman–Crippen MR) is 103 cm³/mol. The first-order valence-electron chi connectivity index (χ1n) is 8.35. The van der Waals surface area contributed by atoms with Gasteiger partial charge >= 0.3 is 0 Å². The van der Waals surface area contributed by atoms with Gasteiger partial charge in [-0.25, -0.2) is 0 Å². The van der Waals surface area contributed by atoms with Gasteiger partial charge < -0.3 is 19.8 Å². The number of anilines is 1. The number of fused-ring (bicyclic) bond motifs is 1. The molecule has 27 heavy (non-hydrogen) atoms. The standard InChI is InChI=1S/C20H18N4O3/c1-26-12-7-8-19(27-2)17(9-12)22-20(25)18-10-16(23-24-18)14-11-21-15-6-4-3-5-13(14)15/h3-11,21H,1-2H3,(H,22,25)(H,23,24). The van der Waals surface area contributed by atoms with Crippen molar-refractivity contribution in [1.82, 2.24) is 15.2 Å². The van der Waals surface area contributed by atoms with Crippen molar-refractivity contribution in [3.8, 4) is 22.8 Å².